The Hall–Kier alpha value is -2.20. The van der Waals surface area contributed by atoms with Crippen molar-refractivity contribution in [3.05, 3.63) is 98.5 Å². The van der Waals surface area contributed by atoms with Gasteiger partial charge in [-0.3, -0.25) is 4.79 Å². The Labute approximate surface area is 177 Å². The lowest BCUT2D eigenvalue weighted by atomic mass is 9.99. The molecule has 1 heterocycles. The van der Waals surface area contributed by atoms with Crippen molar-refractivity contribution in [1.29, 1.82) is 0 Å². The van der Waals surface area contributed by atoms with Crippen LogP contribution < -0.4 is 5.32 Å². The number of thioether (sulfide) groups is 1. The molecule has 1 aliphatic heterocycles. The average molecular weight is 424 g/mol. The lowest BCUT2D eigenvalue weighted by Gasteiger charge is -2.17. The zero-order valence-electron chi connectivity index (χ0n) is 14.9. The minimum absolute atomic E-state index is 0.00267. The lowest BCUT2D eigenvalue weighted by Crippen LogP contribution is -2.07. The van der Waals surface area contributed by atoms with Crippen LogP contribution in [0.15, 0.2) is 71.1 Å². The molecule has 5 rings (SSSR count). The van der Waals surface area contributed by atoms with Gasteiger partial charge in [0.1, 0.15) is 0 Å². The molecule has 0 saturated heterocycles. The molecule has 1 aliphatic carbocycles. The van der Waals surface area contributed by atoms with Crippen molar-refractivity contribution in [2.75, 3.05) is 5.32 Å². The van der Waals surface area contributed by atoms with E-state index in [-0.39, 0.29) is 11.0 Å². The van der Waals surface area contributed by atoms with E-state index in [0.717, 1.165) is 33.0 Å². The summed E-state index contributed by atoms with van der Waals surface area (Å²) in [6.07, 6.45) is 0. The smallest absolute Gasteiger partial charge is 0.193 e. The van der Waals surface area contributed by atoms with E-state index in [4.69, 9.17) is 23.2 Å². The number of benzene rings is 3. The molecule has 0 radical (unpaired) electrons. The molecule has 0 spiro atoms. The number of halogens is 2. The maximum atomic E-state index is 13.5. The van der Waals surface area contributed by atoms with Gasteiger partial charge in [-0.2, -0.15) is 0 Å². The molecular formula is C23H15Cl2NOS. The summed E-state index contributed by atoms with van der Waals surface area (Å²) in [5.74, 6) is 0.00267. The van der Waals surface area contributed by atoms with Gasteiger partial charge >= 0.3 is 0 Å². The normalized spacial score (nSPS) is 17.5. The van der Waals surface area contributed by atoms with Gasteiger partial charge in [-0.1, -0.05) is 65.2 Å². The molecule has 1 unspecified atom stereocenters. The second-order valence-corrected chi connectivity index (χ2v) is 8.92. The molecule has 0 fully saturated rings. The molecule has 2 nitrogen and oxygen atoms in total. The number of hydrogen-bond acceptors (Lipinski definition) is 3. The number of rotatable bonds is 1. The van der Waals surface area contributed by atoms with Gasteiger partial charge in [-0.25, -0.2) is 0 Å². The van der Waals surface area contributed by atoms with E-state index in [1.807, 2.05) is 24.3 Å². The topological polar surface area (TPSA) is 29.1 Å². The Morgan fingerprint density at radius 2 is 1.68 bits per heavy atom. The number of nitrogens with one attached hydrogen (secondary N) is 1. The van der Waals surface area contributed by atoms with Gasteiger partial charge < -0.3 is 5.32 Å². The molecule has 28 heavy (non-hydrogen) atoms. The molecule has 1 N–H and O–H groups in total. The van der Waals surface area contributed by atoms with Gasteiger partial charge in [0.15, 0.2) is 5.78 Å². The van der Waals surface area contributed by atoms with Gasteiger partial charge in [0.2, 0.25) is 0 Å². The highest BCUT2D eigenvalue weighted by Crippen LogP contribution is 2.53. The second kappa shape index (κ2) is 6.70. The predicted octanol–water partition coefficient (Wildman–Crippen LogP) is 7.17. The fourth-order valence-corrected chi connectivity index (χ4v) is 5.40. The van der Waals surface area contributed by atoms with Crippen molar-refractivity contribution < 1.29 is 4.79 Å². The van der Waals surface area contributed by atoms with Crippen LogP contribution in [0, 0.1) is 6.92 Å². The third kappa shape index (κ3) is 2.77. The summed E-state index contributed by atoms with van der Waals surface area (Å²) in [5, 5.41) is 4.22. The molecule has 5 heteroatoms. The third-order valence-electron chi connectivity index (χ3n) is 5.09. The van der Waals surface area contributed by atoms with Crippen molar-refractivity contribution in [3.63, 3.8) is 0 Å². The zero-order valence-corrected chi connectivity index (χ0v) is 17.3. The first-order valence-corrected chi connectivity index (χ1v) is 10.5. The van der Waals surface area contributed by atoms with Crippen molar-refractivity contribution in [2.45, 2.75) is 17.1 Å². The fraction of sp³-hybridized carbons (Fsp3) is 0.0870. The lowest BCUT2D eigenvalue weighted by molar-refractivity contribution is 0.103. The summed E-state index contributed by atoms with van der Waals surface area (Å²) in [6.45, 7) is 2.07. The highest BCUT2D eigenvalue weighted by molar-refractivity contribution is 8.00. The van der Waals surface area contributed by atoms with Crippen molar-refractivity contribution in [1.82, 2.24) is 0 Å². The molecule has 0 bridgehead atoms. The predicted molar refractivity (Wildman–Crippen MR) is 118 cm³/mol. The molecule has 2 aliphatic rings. The van der Waals surface area contributed by atoms with Crippen LogP contribution in [0.4, 0.5) is 5.69 Å². The van der Waals surface area contributed by atoms with Crippen LogP contribution in [-0.2, 0) is 0 Å². The highest BCUT2D eigenvalue weighted by Gasteiger charge is 2.38. The summed E-state index contributed by atoms with van der Waals surface area (Å²) in [4.78, 5) is 14.6. The second-order valence-electron chi connectivity index (χ2n) is 6.96. The van der Waals surface area contributed by atoms with Crippen LogP contribution >= 0.6 is 35.0 Å². The fourth-order valence-electron chi connectivity index (χ4n) is 3.79. The zero-order chi connectivity index (χ0) is 19.4. The van der Waals surface area contributed by atoms with Crippen LogP contribution in [0.3, 0.4) is 0 Å². The Kier molecular flexibility index (Phi) is 4.27. The van der Waals surface area contributed by atoms with Gasteiger partial charge in [-0.15, -0.1) is 11.8 Å². The average Bonchev–Trinajstić information content (AvgIpc) is 2.84. The number of ketones is 1. The number of fused-ring (bicyclic) bond motifs is 3. The maximum Gasteiger partial charge on any atom is 0.193 e. The molecule has 0 aromatic heterocycles. The van der Waals surface area contributed by atoms with E-state index < -0.39 is 0 Å². The Bertz CT molecular complexity index is 1180. The molecule has 3 aromatic rings. The number of anilines is 1. The molecule has 0 saturated carbocycles. The van der Waals surface area contributed by atoms with Crippen molar-refractivity contribution in [2.24, 2.45) is 0 Å². The largest absolute Gasteiger partial charge is 0.354 e. The van der Waals surface area contributed by atoms with Gasteiger partial charge in [-0.05, 0) is 36.8 Å². The minimum atomic E-state index is -0.122. The summed E-state index contributed by atoms with van der Waals surface area (Å²) < 4.78 is 0. The van der Waals surface area contributed by atoms with Crippen LogP contribution in [0.25, 0.3) is 5.70 Å². The molecule has 1 atom stereocenters. The number of carbonyl (C=O) groups excluding carboxylic acids is 1. The summed E-state index contributed by atoms with van der Waals surface area (Å²) >= 11 is 14.2. The molecule has 3 aromatic carbocycles. The van der Waals surface area contributed by atoms with E-state index in [1.165, 1.54) is 5.56 Å². The number of aryl methyl sites for hydroxylation is 1. The Morgan fingerprint density at radius 3 is 2.46 bits per heavy atom. The van der Waals surface area contributed by atoms with E-state index in [0.29, 0.717) is 15.6 Å². The van der Waals surface area contributed by atoms with Crippen LogP contribution in [-0.4, -0.2) is 5.78 Å². The minimum Gasteiger partial charge on any atom is -0.354 e. The van der Waals surface area contributed by atoms with Crippen LogP contribution in [0.2, 0.25) is 10.0 Å². The van der Waals surface area contributed by atoms with Gasteiger partial charge in [0.05, 0.1) is 26.7 Å². The number of hydrogen-bond donors (Lipinski definition) is 1. The first kappa shape index (κ1) is 17.9. The molecule has 0 amide bonds. The van der Waals surface area contributed by atoms with E-state index in [1.54, 1.807) is 23.9 Å². The monoisotopic (exact) mass is 423 g/mol. The number of para-hydroxylation sites is 1. The first-order chi connectivity index (χ1) is 13.5. The maximum absolute atomic E-state index is 13.5. The molecular weight excluding hydrogens is 409 g/mol. The van der Waals surface area contributed by atoms with Gasteiger partial charge in [0, 0.05) is 21.6 Å². The van der Waals surface area contributed by atoms with Gasteiger partial charge in [0.25, 0.3) is 0 Å². The van der Waals surface area contributed by atoms with E-state index in [2.05, 4.69) is 36.5 Å². The first-order valence-electron chi connectivity index (χ1n) is 8.90. The summed E-state index contributed by atoms with van der Waals surface area (Å²) in [5.41, 5.74) is 6.24. The Balaban J connectivity index is 1.77. The Morgan fingerprint density at radius 1 is 0.929 bits per heavy atom. The number of carbonyl (C=O) groups is 1. The quantitative estimate of drug-likeness (QED) is 0.449. The summed E-state index contributed by atoms with van der Waals surface area (Å²) in [7, 11) is 0. The third-order valence-corrected chi connectivity index (χ3v) is 7.16. The highest BCUT2D eigenvalue weighted by atomic mass is 35.5. The summed E-state index contributed by atoms with van der Waals surface area (Å²) in [6, 6.07) is 19.9. The SMILES string of the molecule is Cc1cccc(C2Sc3ccccc3NC3=C2C(=O)c2cc(Cl)c(Cl)cc23)c1. The van der Waals surface area contributed by atoms with Crippen molar-refractivity contribution >= 4 is 52.1 Å². The van der Waals surface area contributed by atoms with Crippen LogP contribution in [0.1, 0.15) is 32.3 Å². The van der Waals surface area contributed by atoms with E-state index >= 15 is 0 Å². The molecule has 138 valence electrons. The van der Waals surface area contributed by atoms with E-state index in [9.17, 15) is 4.79 Å². The van der Waals surface area contributed by atoms with Crippen molar-refractivity contribution in [3.8, 4) is 0 Å². The standard InChI is InChI=1S/C23H15Cl2NOS/c1-12-5-4-6-13(9-12)23-20-21(26-18-7-2-3-8-19(18)28-23)14-10-16(24)17(25)11-15(14)22(20)27/h2-11,23,26H,1H3. The van der Waals surface area contributed by atoms with Crippen LogP contribution in [0.5, 0.6) is 0 Å². The number of Topliss-reactive ketones (excluding diaryl/α,β-unsaturated/α-hetero) is 1.